The van der Waals surface area contributed by atoms with Gasteiger partial charge in [0.25, 0.3) is 0 Å². The quantitative estimate of drug-likeness (QED) is 0.786. The average molecular weight is 244 g/mol. The second-order valence-electron chi connectivity index (χ2n) is 6.00. The van der Waals surface area contributed by atoms with Crippen molar-refractivity contribution in [2.75, 3.05) is 6.61 Å². The van der Waals surface area contributed by atoms with Crippen LogP contribution in [0.5, 0.6) is 0 Å². The Morgan fingerprint density at radius 1 is 1.50 bits per heavy atom. The van der Waals surface area contributed by atoms with Crippen LogP contribution >= 0.6 is 0 Å². The molecule has 1 nitrogen and oxygen atoms in total. The van der Waals surface area contributed by atoms with E-state index in [0.717, 1.165) is 6.42 Å². The maximum atomic E-state index is 9.11. The van der Waals surface area contributed by atoms with Crippen LogP contribution in [0.2, 0.25) is 0 Å². The minimum absolute atomic E-state index is 0.227. The van der Waals surface area contributed by atoms with Gasteiger partial charge in [0.2, 0.25) is 0 Å². The standard InChI is InChI=1S/C17H24O/c1-13(14(2)12-18)7-8-15-5-4-6-16(11-15)17(3)9-10-17/h4,6-8,11,14,18H,5,9-10,12H2,1-3H3/b13-7+,15-8+. The van der Waals surface area contributed by atoms with E-state index in [0.29, 0.717) is 5.41 Å². The van der Waals surface area contributed by atoms with Gasteiger partial charge in [-0.15, -0.1) is 0 Å². The van der Waals surface area contributed by atoms with Crippen molar-refractivity contribution in [3.8, 4) is 0 Å². The summed E-state index contributed by atoms with van der Waals surface area (Å²) >= 11 is 0. The van der Waals surface area contributed by atoms with Crippen LogP contribution in [0, 0.1) is 11.3 Å². The number of hydrogen-bond donors (Lipinski definition) is 1. The molecule has 0 aromatic rings. The van der Waals surface area contributed by atoms with E-state index in [1.54, 1.807) is 0 Å². The molecular weight excluding hydrogens is 220 g/mol. The summed E-state index contributed by atoms with van der Waals surface area (Å²) in [5.74, 6) is 0.255. The number of aliphatic hydroxyl groups is 1. The Balaban J connectivity index is 2.10. The molecule has 1 atom stereocenters. The van der Waals surface area contributed by atoms with E-state index in [2.05, 4.69) is 51.2 Å². The molecular formula is C17H24O. The zero-order chi connectivity index (χ0) is 13.2. The molecule has 0 spiro atoms. The number of allylic oxidation sites excluding steroid dienone is 7. The van der Waals surface area contributed by atoms with Gasteiger partial charge in [0.1, 0.15) is 0 Å². The van der Waals surface area contributed by atoms with Crippen LogP contribution in [-0.2, 0) is 0 Å². The van der Waals surface area contributed by atoms with Gasteiger partial charge in [-0.1, -0.05) is 49.8 Å². The Bertz CT molecular complexity index is 431. The summed E-state index contributed by atoms with van der Waals surface area (Å²) in [6, 6.07) is 0. The Labute approximate surface area is 111 Å². The van der Waals surface area contributed by atoms with E-state index >= 15 is 0 Å². The predicted molar refractivity (Wildman–Crippen MR) is 77.3 cm³/mol. The lowest BCUT2D eigenvalue weighted by atomic mass is 9.90. The lowest BCUT2D eigenvalue weighted by molar-refractivity contribution is 0.256. The van der Waals surface area contributed by atoms with Gasteiger partial charge < -0.3 is 5.11 Å². The summed E-state index contributed by atoms with van der Waals surface area (Å²) < 4.78 is 0. The minimum Gasteiger partial charge on any atom is -0.396 e. The number of rotatable bonds is 4. The molecule has 2 aliphatic rings. The molecule has 0 saturated heterocycles. The molecule has 1 saturated carbocycles. The molecule has 1 unspecified atom stereocenters. The van der Waals surface area contributed by atoms with E-state index in [1.165, 1.54) is 29.6 Å². The molecule has 18 heavy (non-hydrogen) atoms. The second kappa shape index (κ2) is 5.27. The van der Waals surface area contributed by atoms with E-state index in [-0.39, 0.29) is 12.5 Å². The molecule has 0 aromatic heterocycles. The highest BCUT2D eigenvalue weighted by molar-refractivity contribution is 5.43. The fourth-order valence-electron chi connectivity index (χ4n) is 2.14. The lowest BCUT2D eigenvalue weighted by Crippen LogP contribution is -2.02. The number of hydrogen-bond acceptors (Lipinski definition) is 1. The molecule has 0 aliphatic heterocycles. The fourth-order valence-corrected chi connectivity index (χ4v) is 2.14. The topological polar surface area (TPSA) is 20.2 Å². The molecule has 98 valence electrons. The molecule has 0 bridgehead atoms. The fraction of sp³-hybridized carbons (Fsp3) is 0.529. The normalized spacial score (nSPS) is 26.1. The van der Waals surface area contributed by atoms with Gasteiger partial charge in [0, 0.05) is 12.5 Å². The summed E-state index contributed by atoms with van der Waals surface area (Å²) in [4.78, 5) is 0. The van der Waals surface area contributed by atoms with Crippen molar-refractivity contribution in [3.05, 3.63) is 47.1 Å². The Morgan fingerprint density at radius 3 is 2.83 bits per heavy atom. The first kappa shape index (κ1) is 13.4. The van der Waals surface area contributed by atoms with Crippen LogP contribution in [-0.4, -0.2) is 11.7 Å². The first-order valence-electron chi connectivity index (χ1n) is 6.92. The Kier molecular flexibility index (Phi) is 3.91. The SMILES string of the molecule is C/C(=C\C=C1\C=C(C2(C)CC2)C=CC1)C(C)CO. The molecule has 1 N–H and O–H groups in total. The summed E-state index contributed by atoms with van der Waals surface area (Å²) in [6.45, 7) is 6.71. The summed E-state index contributed by atoms with van der Waals surface area (Å²) in [5.41, 5.74) is 4.56. The molecule has 1 fully saturated rings. The highest BCUT2D eigenvalue weighted by atomic mass is 16.3. The van der Waals surface area contributed by atoms with Gasteiger partial charge >= 0.3 is 0 Å². The molecule has 2 aliphatic carbocycles. The third kappa shape index (κ3) is 3.02. The van der Waals surface area contributed by atoms with Gasteiger partial charge in [-0.25, -0.2) is 0 Å². The largest absolute Gasteiger partial charge is 0.396 e. The first-order valence-corrected chi connectivity index (χ1v) is 6.92. The van der Waals surface area contributed by atoms with Crippen molar-refractivity contribution in [3.63, 3.8) is 0 Å². The highest BCUT2D eigenvalue weighted by Crippen LogP contribution is 2.52. The van der Waals surface area contributed by atoms with E-state index in [9.17, 15) is 0 Å². The van der Waals surface area contributed by atoms with Crippen LogP contribution in [0.1, 0.15) is 40.0 Å². The van der Waals surface area contributed by atoms with E-state index in [1.807, 2.05) is 0 Å². The summed E-state index contributed by atoms with van der Waals surface area (Å²) in [5, 5.41) is 9.11. The van der Waals surface area contributed by atoms with Gasteiger partial charge in [0.15, 0.2) is 0 Å². The summed E-state index contributed by atoms with van der Waals surface area (Å²) in [6.07, 6.45) is 14.9. The van der Waals surface area contributed by atoms with Gasteiger partial charge in [-0.3, -0.25) is 0 Å². The van der Waals surface area contributed by atoms with Crippen LogP contribution in [0.4, 0.5) is 0 Å². The second-order valence-corrected chi connectivity index (χ2v) is 6.00. The zero-order valence-corrected chi connectivity index (χ0v) is 11.7. The third-order valence-electron chi connectivity index (χ3n) is 4.30. The van der Waals surface area contributed by atoms with Crippen molar-refractivity contribution < 1.29 is 5.11 Å². The van der Waals surface area contributed by atoms with Crippen molar-refractivity contribution in [1.82, 2.24) is 0 Å². The number of aliphatic hydroxyl groups excluding tert-OH is 1. The smallest absolute Gasteiger partial charge is 0.0493 e. The molecule has 2 rings (SSSR count). The van der Waals surface area contributed by atoms with Crippen LogP contribution in [0.25, 0.3) is 0 Å². The molecule has 0 aromatic carbocycles. The lowest BCUT2D eigenvalue weighted by Gasteiger charge is -2.15. The van der Waals surface area contributed by atoms with Crippen LogP contribution < -0.4 is 0 Å². The highest BCUT2D eigenvalue weighted by Gasteiger charge is 2.40. The van der Waals surface area contributed by atoms with Crippen LogP contribution in [0.3, 0.4) is 0 Å². The molecule has 1 heteroatoms. The minimum atomic E-state index is 0.227. The van der Waals surface area contributed by atoms with Crippen molar-refractivity contribution >= 4 is 0 Å². The van der Waals surface area contributed by atoms with Crippen molar-refractivity contribution in [2.45, 2.75) is 40.0 Å². The van der Waals surface area contributed by atoms with Crippen molar-refractivity contribution in [1.29, 1.82) is 0 Å². The monoisotopic (exact) mass is 244 g/mol. The summed E-state index contributed by atoms with van der Waals surface area (Å²) in [7, 11) is 0. The maximum Gasteiger partial charge on any atom is 0.0493 e. The van der Waals surface area contributed by atoms with Crippen molar-refractivity contribution in [2.24, 2.45) is 11.3 Å². The molecule has 0 amide bonds. The molecule has 0 radical (unpaired) electrons. The van der Waals surface area contributed by atoms with Gasteiger partial charge in [0.05, 0.1) is 0 Å². The van der Waals surface area contributed by atoms with E-state index < -0.39 is 0 Å². The third-order valence-corrected chi connectivity index (χ3v) is 4.30. The Morgan fingerprint density at radius 2 is 2.22 bits per heavy atom. The zero-order valence-electron chi connectivity index (χ0n) is 11.7. The maximum absolute atomic E-state index is 9.11. The first-order chi connectivity index (χ1) is 8.55. The van der Waals surface area contributed by atoms with Gasteiger partial charge in [-0.2, -0.15) is 0 Å². The Hall–Kier alpha value is -1.08. The molecule has 0 heterocycles. The predicted octanol–water partition coefficient (Wildman–Crippen LogP) is 4.17. The average Bonchev–Trinajstić information content (AvgIpc) is 3.14. The van der Waals surface area contributed by atoms with E-state index in [4.69, 9.17) is 5.11 Å². The van der Waals surface area contributed by atoms with Crippen LogP contribution in [0.15, 0.2) is 47.1 Å². The van der Waals surface area contributed by atoms with Gasteiger partial charge in [-0.05, 0) is 42.7 Å².